The van der Waals surface area contributed by atoms with Gasteiger partial charge in [0.15, 0.2) is 11.5 Å². The quantitative estimate of drug-likeness (QED) is 0.589. The van der Waals surface area contributed by atoms with Gasteiger partial charge in [0.2, 0.25) is 18.6 Å². The van der Waals surface area contributed by atoms with E-state index in [0.29, 0.717) is 35.3 Å². The Morgan fingerprint density at radius 1 is 1.29 bits per heavy atom. The Morgan fingerprint density at radius 3 is 2.92 bits per heavy atom. The van der Waals surface area contributed by atoms with Gasteiger partial charge in [-0.25, -0.2) is 0 Å². The van der Waals surface area contributed by atoms with Crippen LogP contribution in [0.4, 0.5) is 0 Å². The lowest BCUT2D eigenvalue weighted by Gasteiger charge is -2.14. The van der Waals surface area contributed by atoms with Crippen LogP contribution in [0.25, 0.3) is 0 Å². The van der Waals surface area contributed by atoms with Crippen molar-refractivity contribution in [3.05, 3.63) is 23.8 Å². The van der Waals surface area contributed by atoms with Crippen molar-refractivity contribution in [2.45, 2.75) is 25.8 Å². The van der Waals surface area contributed by atoms with Crippen LogP contribution in [0.5, 0.6) is 11.5 Å². The van der Waals surface area contributed by atoms with Gasteiger partial charge in [-0.15, -0.1) is 0 Å². The van der Waals surface area contributed by atoms with Crippen molar-refractivity contribution in [3.63, 3.8) is 0 Å². The van der Waals surface area contributed by atoms with Crippen LogP contribution in [-0.2, 0) is 16.1 Å². The molecule has 1 fully saturated rings. The van der Waals surface area contributed by atoms with E-state index in [1.165, 1.54) is 11.8 Å². The SMILES string of the molecule is O=C(CCCCN1C(=O)CSC1=S)NCc1ccc2c(c1)OCO2. The Hall–Kier alpha value is -1.80. The molecule has 0 atom stereocenters. The zero-order valence-corrected chi connectivity index (χ0v) is 14.7. The van der Waals surface area contributed by atoms with E-state index in [4.69, 9.17) is 21.7 Å². The highest BCUT2D eigenvalue weighted by molar-refractivity contribution is 8.23. The van der Waals surface area contributed by atoms with Gasteiger partial charge in [-0.05, 0) is 30.5 Å². The Labute approximate surface area is 149 Å². The van der Waals surface area contributed by atoms with E-state index < -0.39 is 0 Å². The number of carbonyl (C=O) groups excluding carboxylic acids is 2. The molecule has 0 bridgehead atoms. The molecule has 2 amide bonds. The smallest absolute Gasteiger partial charge is 0.238 e. The standard InChI is InChI=1S/C16H18N2O4S2/c19-14(3-1-2-6-18-15(20)9-24-16(18)23)17-8-11-4-5-12-13(7-11)22-10-21-12/h4-5,7H,1-3,6,8-10H2,(H,17,19). The molecule has 2 aliphatic rings. The normalized spacial score (nSPS) is 15.9. The first-order valence-corrected chi connectivity index (χ1v) is 9.15. The molecule has 24 heavy (non-hydrogen) atoms. The van der Waals surface area contributed by atoms with Gasteiger partial charge in [0.1, 0.15) is 4.32 Å². The van der Waals surface area contributed by atoms with Crippen LogP contribution < -0.4 is 14.8 Å². The summed E-state index contributed by atoms with van der Waals surface area (Å²) in [7, 11) is 0. The van der Waals surface area contributed by atoms with E-state index in [-0.39, 0.29) is 18.6 Å². The molecule has 0 radical (unpaired) electrons. The number of amides is 2. The molecule has 128 valence electrons. The van der Waals surface area contributed by atoms with E-state index in [1.54, 1.807) is 4.90 Å². The van der Waals surface area contributed by atoms with Crippen molar-refractivity contribution < 1.29 is 19.1 Å². The third-order valence-electron chi connectivity index (χ3n) is 3.80. The summed E-state index contributed by atoms with van der Waals surface area (Å²) in [6.07, 6.45) is 1.93. The van der Waals surface area contributed by atoms with Gasteiger partial charge in [0, 0.05) is 19.5 Å². The minimum atomic E-state index is -0.00244. The highest BCUT2D eigenvalue weighted by Crippen LogP contribution is 2.32. The van der Waals surface area contributed by atoms with Crippen LogP contribution in [0.3, 0.4) is 0 Å². The molecule has 0 spiro atoms. The van der Waals surface area contributed by atoms with Gasteiger partial charge in [0.25, 0.3) is 0 Å². The van der Waals surface area contributed by atoms with Crippen LogP contribution in [0.1, 0.15) is 24.8 Å². The second kappa shape index (κ2) is 7.85. The number of nitrogens with one attached hydrogen (secondary N) is 1. The summed E-state index contributed by atoms with van der Waals surface area (Å²) in [5.74, 6) is 1.95. The second-order valence-electron chi connectivity index (χ2n) is 5.52. The summed E-state index contributed by atoms with van der Waals surface area (Å²) in [6, 6.07) is 5.63. The fourth-order valence-electron chi connectivity index (χ4n) is 2.49. The van der Waals surface area contributed by atoms with Gasteiger partial charge in [-0.3, -0.25) is 14.5 Å². The van der Waals surface area contributed by atoms with Crippen LogP contribution in [0.2, 0.25) is 0 Å². The minimum Gasteiger partial charge on any atom is -0.454 e. The van der Waals surface area contributed by atoms with Crippen molar-refractivity contribution in [1.29, 1.82) is 0 Å². The molecular weight excluding hydrogens is 348 g/mol. The summed E-state index contributed by atoms with van der Waals surface area (Å²) in [4.78, 5) is 25.1. The number of benzene rings is 1. The first-order chi connectivity index (χ1) is 11.6. The molecular formula is C16H18N2O4S2. The Kier molecular flexibility index (Phi) is 5.57. The maximum absolute atomic E-state index is 11.9. The maximum atomic E-state index is 11.9. The Morgan fingerprint density at radius 2 is 2.12 bits per heavy atom. The Bertz CT molecular complexity index is 649. The van der Waals surface area contributed by atoms with Crippen LogP contribution in [-0.4, -0.2) is 40.1 Å². The average molecular weight is 366 g/mol. The van der Waals surface area contributed by atoms with Gasteiger partial charge in [-0.2, -0.15) is 0 Å². The van der Waals surface area contributed by atoms with Crippen LogP contribution >= 0.6 is 24.0 Å². The molecule has 1 aromatic rings. The largest absolute Gasteiger partial charge is 0.454 e. The van der Waals surface area contributed by atoms with E-state index in [2.05, 4.69) is 5.32 Å². The van der Waals surface area contributed by atoms with Crippen molar-refractivity contribution in [2.24, 2.45) is 0 Å². The van der Waals surface area contributed by atoms with Gasteiger partial charge in [0.05, 0.1) is 5.75 Å². The summed E-state index contributed by atoms with van der Waals surface area (Å²) < 4.78 is 11.2. The summed E-state index contributed by atoms with van der Waals surface area (Å²) in [6.45, 7) is 1.30. The molecule has 8 heteroatoms. The molecule has 1 aromatic carbocycles. The lowest BCUT2D eigenvalue weighted by atomic mass is 10.2. The Balaban J connectivity index is 1.34. The van der Waals surface area contributed by atoms with Crippen LogP contribution in [0, 0.1) is 0 Å². The molecule has 0 unspecified atom stereocenters. The maximum Gasteiger partial charge on any atom is 0.238 e. The molecule has 1 saturated heterocycles. The number of nitrogens with zero attached hydrogens (tertiary/aromatic N) is 1. The summed E-state index contributed by atoms with van der Waals surface area (Å²) in [5.41, 5.74) is 0.970. The zero-order chi connectivity index (χ0) is 16.9. The molecule has 0 saturated carbocycles. The van der Waals surface area contributed by atoms with Crippen molar-refractivity contribution in [1.82, 2.24) is 10.2 Å². The molecule has 1 N–H and O–H groups in total. The third kappa shape index (κ3) is 4.18. The second-order valence-corrected chi connectivity index (χ2v) is 7.13. The van der Waals surface area contributed by atoms with E-state index in [1.807, 2.05) is 18.2 Å². The number of fused-ring (bicyclic) bond motifs is 1. The number of rotatable bonds is 7. The highest BCUT2D eigenvalue weighted by atomic mass is 32.2. The monoisotopic (exact) mass is 366 g/mol. The molecule has 2 aliphatic heterocycles. The molecule has 0 aliphatic carbocycles. The predicted molar refractivity (Wildman–Crippen MR) is 95.0 cm³/mol. The lowest BCUT2D eigenvalue weighted by Crippen LogP contribution is -2.29. The predicted octanol–water partition coefficient (Wildman–Crippen LogP) is 2.06. The van der Waals surface area contributed by atoms with Crippen LogP contribution in [0.15, 0.2) is 18.2 Å². The number of ether oxygens (including phenoxy) is 2. The fraction of sp³-hybridized carbons (Fsp3) is 0.438. The number of hydrogen-bond donors (Lipinski definition) is 1. The van der Waals surface area contributed by atoms with E-state index >= 15 is 0 Å². The van der Waals surface area contributed by atoms with Gasteiger partial charge >= 0.3 is 0 Å². The topological polar surface area (TPSA) is 67.9 Å². The van der Waals surface area contributed by atoms with Crippen molar-refractivity contribution >= 4 is 40.1 Å². The molecule has 6 nitrogen and oxygen atoms in total. The summed E-state index contributed by atoms with van der Waals surface area (Å²) >= 11 is 6.52. The van der Waals surface area contributed by atoms with E-state index in [0.717, 1.165) is 24.2 Å². The number of hydrogen-bond acceptors (Lipinski definition) is 6. The van der Waals surface area contributed by atoms with Crippen molar-refractivity contribution in [3.8, 4) is 11.5 Å². The van der Waals surface area contributed by atoms with Gasteiger partial charge < -0.3 is 14.8 Å². The van der Waals surface area contributed by atoms with E-state index in [9.17, 15) is 9.59 Å². The first-order valence-electron chi connectivity index (χ1n) is 7.76. The molecule has 0 aromatic heterocycles. The van der Waals surface area contributed by atoms with Gasteiger partial charge in [-0.1, -0.05) is 30.0 Å². The molecule has 3 rings (SSSR count). The number of carbonyl (C=O) groups is 2. The zero-order valence-electron chi connectivity index (χ0n) is 13.1. The average Bonchev–Trinajstić information content (AvgIpc) is 3.16. The number of thiocarbonyl (C=S) groups is 1. The molecule has 2 heterocycles. The minimum absolute atomic E-state index is 0.00244. The van der Waals surface area contributed by atoms with Crippen molar-refractivity contribution in [2.75, 3.05) is 19.1 Å². The highest BCUT2D eigenvalue weighted by Gasteiger charge is 2.25. The number of unbranched alkanes of at least 4 members (excludes halogenated alkanes) is 1. The third-order valence-corrected chi connectivity index (χ3v) is 5.24. The summed E-state index contributed by atoms with van der Waals surface area (Å²) in [5, 5.41) is 2.89. The fourth-order valence-corrected chi connectivity index (χ4v) is 3.61. The number of thioether (sulfide) groups is 1. The first kappa shape index (κ1) is 17.0. The lowest BCUT2D eigenvalue weighted by molar-refractivity contribution is -0.124.